The number of fused-ring (bicyclic) bond motifs is 1. The molecule has 0 spiro atoms. The van der Waals surface area contributed by atoms with Gasteiger partial charge < -0.3 is 15.6 Å². The fraction of sp³-hybridized carbons (Fsp3) is 0.217. The van der Waals surface area contributed by atoms with Crippen molar-refractivity contribution < 1.29 is 9.18 Å². The standard InChI is InChI=1S/C23H19ClFN9O/c24-13-1-3-18(33-11-29-31-32-33)16(9-13)12-7-14-2-4-19(34(14)20(35)8-12)23-28-10-17(30-23)15-5-6-27-22(26)21(15)25/h1,3,5-6,8-11,14,19H,2,4,7H2,(H2,26,27)(H,28,30)/t14-,19?/m1/s1. The number of rotatable bonds is 4. The van der Waals surface area contributed by atoms with Crippen molar-refractivity contribution in [3.63, 3.8) is 0 Å². The van der Waals surface area contributed by atoms with Crippen LogP contribution in [0.1, 0.15) is 36.7 Å². The van der Waals surface area contributed by atoms with Crippen LogP contribution in [0.25, 0.3) is 22.5 Å². The smallest absolute Gasteiger partial charge is 0.247 e. The fourth-order valence-corrected chi connectivity index (χ4v) is 5.13. The summed E-state index contributed by atoms with van der Waals surface area (Å²) in [6, 6.07) is 6.72. The number of aromatic nitrogens is 7. The Morgan fingerprint density at radius 1 is 1.17 bits per heavy atom. The molecule has 10 nitrogen and oxygen atoms in total. The van der Waals surface area contributed by atoms with Crippen molar-refractivity contribution in [2.75, 3.05) is 5.73 Å². The van der Waals surface area contributed by atoms with Gasteiger partial charge in [0, 0.05) is 34.5 Å². The van der Waals surface area contributed by atoms with Crippen LogP contribution in [0.3, 0.4) is 0 Å². The Bertz CT molecular complexity index is 1470. The molecule has 0 bridgehead atoms. The minimum absolute atomic E-state index is 0.00458. The summed E-state index contributed by atoms with van der Waals surface area (Å²) in [6.45, 7) is 0. The van der Waals surface area contributed by atoms with E-state index in [1.165, 1.54) is 18.6 Å². The number of pyridine rings is 1. The van der Waals surface area contributed by atoms with Gasteiger partial charge >= 0.3 is 0 Å². The van der Waals surface area contributed by atoms with Gasteiger partial charge in [0.15, 0.2) is 11.6 Å². The Morgan fingerprint density at radius 3 is 2.89 bits per heavy atom. The Balaban J connectivity index is 1.31. The number of hydrogen-bond acceptors (Lipinski definition) is 7. The minimum Gasteiger partial charge on any atom is -0.381 e. The van der Waals surface area contributed by atoms with Gasteiger partial charge in [0.05, 0.1) is 23.6 Å². The lowest BCUT2D eigenvalue weighted by Gasteiger charge is -2.33. The van der Waals surface area contributed by atoms with Crippen LogP contribution in [0.2, 0.25) is 5.02 Å². The third-order valence-electron chi connectivity index (χ3n) is 6.53. The molecule has 2 atom stereocenters. The van der Waals surface area contributed by atoms with E-state index in [4.69, 9.17) is 17.3 Å². The first-order chi connectivity index (χ1) is 17.0. The molecule has 35 heavy (non-hydrogen) atoms. The van der Waals surface area contributed by atoms with Gasteiger partial charge in [-0.2, -0.15) is 4.68 Å². The maximum absolute atomic E-state index is 14.4. The molecule has 1 unspecified atom stereocenters. The summed E-state index contributed by atoms with van der Waals surface area (Å²) >= 11 is 6.29. The maximum atomic E-state index is 14.4. The number of hydrogen-bond donors (Lipinski definition) is 2. The average molecular weight is 492 g/mol. The number of carbonyl (C=O) groups is 1. The molecule has 1 amide bonds. The number of nitrogens with zero attached hydrogens (tertiary/aromatic N) is 7. The molecule has 6 rings (SSSR count). The number of nitrogens with two attached hydrogens (primary N) is 1. The molecule has 0 aliphatic carbocycles. The highest BCUT2D eigenvalue weighted by molar-refractivity contribution is 6.30. The zero-order chi connectivity index (χ0) is 24.1. The van der Waals surface area contributed by atoms with Crippen molar-refractivity contribution >= 4 is 28.9 Å². The summed E-state index contributed by atoms with van der Waals surface area (Å²) in [5, 5.41) is 12.0. The van der Waals surface area contributed by atoms with E-state index in [-0.39, 0.29) is 29.4 Å². The molecule has 3 aromatic heterocycles. The molecule has 0 saturated carbocycles. The van der Waals surface area contributed by atoms with Crippen LogP contribution in [0.15, 0.2) is 49.1 Å². The maximum Gasteiger partial charge on any atom is 0.247 e. The summed E-state index contributed by atoms with van der Waals surface area (Å²) in [7, 11) is 0. The molecule has 2 aliphatic heterocycles. The third-order valence-corrected chi connectivity index (χ3v) is 6.76. The normalized spacial score (nSPS) is 19.7. The first-order valence-corrected chi connectivity index (χ1v) is 11.4. The molecular formula is C23H19ClFN9O. The highest BCUT2D eigenvalue weighted by Gasteiger charge is 2.41. The van der Waals surface area contributed by atoms with E-state index in [1.807, 2.05) is 17.0 Å². The predicted octanol–water partition coefficient (Wildman–Crippen LogP) is 3.34. The van der Waals surface area contributed by atoms with Gasteiger partial charge in [0.1, 0.15) is 12.2 Å². The number of nitrogen functional groups attached to an aromatic ring is 1. The topological polar surface area (TPSA) is 132 Å². The summed E-state index contributed by atoms with van der Waals surface area (Å²) in [4.78, 5) is 26.6. The van der Waals surface area contributed by atoms with Crippen LogP contribution in [0, 0.1) is 5.82 Å². The number of amides is 1. The average Bonchev–Trinajstić information content (AvgIpc) is 3.61. The molecule has 4 aromatic rings. The van der Waals surface area contributed by atoms with Gasteiger partial charge in [-0.1, -0.05) is 11.6 Å². The lowest BCUT2D eigenvalue weighted by molar-refractivity contribution is -0.129. The molecule has 0 radical (unpaired) electrons. The zero-order valence-corrected chi connectivity index (χ0v) is 19.0. The van der Waals surface area contributed by atoms with Crippen LogP contribution in [0.5, 0.6) is 0 Å². The number of anilines is 1. The highest BCUT2D eigenvalue weighted by Crippen LogP contribution is 2.43. The van der Waals surface area contributed by atoms with Crippen molar-refractivity contribution in [2.24, 2.45) is 0 Å². The zero-order valence-electron chi connectivity index (χ0n) is 18.3. The number of H-pyrrole nitrogens is 1. The van der Waals surface area contributed by atoms with Gasteiger partial charge in [0.2, 0.25) is 5.91 Å². The number of aromatic amines is 1. The molecule has 5 heterocycles. The van der Waals surface area contributed by atoms with Gasteiger partial charge in [-0.3, -0.25) is 4.79 Å². The second-order valence-corrected chi connectivity index (χ2v) is 8.96. The fourth-order valence-electron chi connectivity index (χ4n) is 4.96. The lowest BCUT2D eigenvalue weighted by atomic mass is 9.92. The third kappa shape index (κ3) is 3.64. The highest BCUT2D eigenvalue weighted by atomic mass is 35.5. The summed E-state index contributed by atoms with van der Waals surface area (Å²) in [6.07, 6.45) is 8.34. The van der Waals surface area contributed by atoms with Gasteiger partial charge in [-0.25, -0.2) is 14.4 Å². The SMILES string of the molecule is Nc1nccc(-c2cnc(C3CC[C@@H]4CC(c5cc(Cl)ccc5-n5cnnn5)=CC(=O)N34)[nH]2)c1F. The quantitative estimate of drug-likeness (QED) is 0.447. The van der Waals surface area contributed by atoms with E-state index < -0.39 is 5.82 Å². The van der Waals surface area contributed by atoms with Crippen LogP contribution in [-0.2, 0) is 4.79 Å². The van der Waals surface area contributed by atoms with Crippen molar-refractivity contribution in [3.05, 3.63) is 71.3 Å². The number of tetrazole rings is 1. The number of halogens is 2. The molecule has 3 N–H and O–H groups in total. The van der Waals surface area contributed by atoms with Gasteiger partial charge in [-0.15, -0.1) is 5.10 Å². The monoisotopic (exact) mass is 491 g/mol. The first kappa shape index (κ1) is 21.4. The number of carbonyl (C=O) groups excluding carboxylic acids is 1. The molecule has 12 heteroatoms. The van der Waals surface area contributed by atoms with Crippen LogP contribution >= 0.6 is 11.6 Å². The van der Waals surface area contributed by atoms with E-state index in [2.05, 4.69) is 30.5 Å². The predicted molar refractivity (Wildman–Crippen MR) is 126 cm³/mol. The Morgan fingerprint density at radius 2 is 2.06 bits per heavy atom. The lowest BCUT2D eigenvalue weighted by Crippen LogP contribution is -2.39. The number of benzene rings is 1. The van der Waals surface area contributed by atoms with Gasteiger partial charge in [0.25, 0.3) is 0 Å². The van der Waals surface area contributed by atoms with E-state index in [9.17, 15) is 9.18 Å². The summed E-state index contributed by atoms with van der Waals surface area (Å²) in [5.74, 6) is -0.280. The van der Waals surface area contributed by atoms with E-state index >= 15 is 0 Å². The molecule has 176 valence electrons. The summed E-state index contributed by atoms with van der Waals surface area (Å²) < 4.78 is 16.0. The molecule has 1 saturated heterocycles. The van der Waals surface area contributed by atoms with Crippen molar-refractivity contribution in [2.45, 2.75) is 31.3 Å². The van der Waals surface area contributed by atoms with Crippen molar-refractivity contribution in [1.82, 2.24) is 40.1 Å². The number of nitrogens with one attached hydrogen (secondary N) is 1. The number of imidazole rings is 1. The van der Waals surface area contributed by atoms with Gasteiger partial charge in [-0.05, 0) is 59.5 Å². The summed E-state index contributed by atoms with van der Waals surface area (Å²) in [5.41, 5.74) is 8.81. The first-order valence-electron chi connectivity index (χ1n) is 11.0. The molecular weight excluding hydrogens is 473 g/mol. The Labute approximate surface area is 203 Å². The Hall–Kier alpha value is -4.12. The largest absolute Gasteiger partial charge is 0.381 e. The van der Waals surface area contributed by atoms with Crippen LogP contribution < -0.4 is 5.73 Å². The van der Waals surface area contributed by atoms with Crippen LogP contribution in [0.4, 0.5) is 10.2 Å². The van der Waals surface area contributed by atoms with E-state index in [0.29, 0.717) is 23.0 Å². The van der Waals surface area contributed by atoms with Crippen LogP contribution in [-0.4, -0.2) is 52.0 Å². The molecule has 1 aromatic carbocycles. The second kappa shape index (κ2) is 8.27. The Kier molecular flexibility index (Phi) is 5.06. The van der Waals surface area contributed by atoms with E-state index in [0.717, 1.165) is 29.7 Å². The second-order valence-electron chi connectivity index (χ2n) is 8.52. The van der Waals surface area contributed by atoms with Crippen molar-refractivity contribution in [1.29, 1.82) is 0 Å². The molecule has 1 fully saturated rings. The van der Waals surface area contributed by atoms with Crippen molar-refractivity contribution in [3.8, 4) is 16.9 Å². The minimum atomic E-state index is -0.603. The molecule has 2 aliphatic rings. The van der Waals surface area contributed by atoms with E-state index in [1.54, 1.807) is 23.0 Å².